The first kappa shape index (κ1) is 20.8. The molecule has 3 N–H and O–H groups in total. The van der Waals surface area contributed by atoms with Crippen LogP contribution < -0.4 is 10.6 Å². The number of hydrogen-bond acceptors (Lipinski definition) is 5. The molecule has 1 saturated heterocycles. The quantitative estimate of drug-likeness (QED) is 0.645. The van der Waals surface area contributed by atoms with Gasteiger partial charge in [-0.05, 0) is 62.8 Å². The van der Waals surface area contributed by atoms with Crippen molar-refractivity contribution in [3.8, 4) is 0 Å². The Morgan fingerprint density at radius 2 is 2.20 bits per heavy atom. The number of nitrogens with one attached hydrogen (secondary N) is 2. The molecule has 8 heteroatoms. The van der Waals surface area contributed by atoms with E-state index in [4.69, 9.17) is 0 Å². The number of thiazole rings is 1. The Hall–Kier alpha value is -2.45. The van der Waals surface area contributed by atoms with Gasteiger partial charge >= 0.3 is 6.09 Å². The number of aromatic nitrogens is 1. The van der Waals surface area contributed by atoms with Crippen LogP contribution in [0.25, 0.3) is 0 Å². The van der Waals surface area contributed by atoms with Gasteiger partial charge in [0.05, 0.1) is 11.7 Å². The van der Waals surface area contributed by atoms with Gasteiger partial charge in [-0.3, -0.25) is 10.1 Å². The number of amides is 2. The van der Waals surface area contributed by atoms with Crippen LogP contribution in [0.3, 0.4) is 0 Å². The Morgan fingerprint density at radius 1 is 1.33 bits per heavy atom. The first-order valence-electron chi connectivity index (χ1n) is 10.7. The third-order valence-electron chi connectivity index (χ3n) is 5.88. The predicted octanol–water partition coefficient (Wildman–Crippen LogP) is 4.07. The van der Waals surface area contributed by atoms with E-state index in [0.29, 0.717) is 23.3 Å². The number of fused-ring (bicyclic) bond motifs is 1. The van der Waals surface area contributed by atoms with Crippen molar-refractivity contribution in [1.82, 2.24) is 15.2 Å². The third kappa shape index (κ3) is 4.49. The lowest BCUT2D eigenvalue weighted by Crippen LogP contribution is -2.34. The summed E-state index contributed by atoms with van der Waals surface area (Å²) < 4.78 is 0. The molecule has 1 unspecified atom stereocenters. The van der Waals surface area contributed by atoms with Crippen LogP contribution in [0.15, 0.2) is 24.3 Å². The molecule has 30 heavy (non-hydrogen) atoms. The van der Waals surface area contributed by atoms with Gasteiger partial charge in [-0.25, -0.2) is 9.78 Å². The number of nitrogens with zero attached hydrogens (tertiary/aromatic N) is 2. The summed E-state index contributed by atoms with van der Waals surface area (Å²) in [6.45, 7) is 3.73. The first-order valence-corrected chi connectivity index (χ1v) is 11.5. The van der Waals surface area contributed by atoms with Gasteiger partial charge in [0.1, 0.15) is 0 Å². The molecule has 2 atom stereocenters. The number of aryl methyl sites for hydroxylation is 1. The van der Waals surface area contributed by atoms with Crippen molar-refractivity contribution in [3.63, 3.8) is 0 Å². The number of carbonyl (C=O) groups excluding carboxylic acids is 1. The van der Waals surface area contributed by atoms with Gasteiger partial charge in [0.25, 0.3) is 5.91 Å². The lowest BCUT2D eigenvalue weighted by Gasteiger charge is -2.22. The second-order valence-corrected chi connectivity index (χ2v) is 9.08. The molecule has 1 aromatic heterocycles. The highest BCUT2D eigenvalue weighted by Gasteiger charge is 2.30. The van der Waals surface area contributed by atoms with Gasteiger partial charge in [-0.1, -0.05) is 19.1 Å². The standard InChI is InChI=1S/C22H28N4O3S/c1-2-10-23-16-8-9-17-19(13-16)30-21(24-17)25-20(27)15-6-3-5-14(12-15)18-7-4-11-26(18)22(28)29/h3,5-6,12,16,18,23H,2,4,7-11,13H2,1H3,(H,28,29)(H,24,25,27)/t16?,18-/m1/s1. The van der Waals surface area contributed by atoms with Gasteiger partial charge in [-0.2, -0.15) is 0 Å². The molecule has 1 aliphatic heterocycles. The molecule has 1 fully saturated rings. The topological polar surface area (TPSA) is 94.6 Å². The smallest absolute Gasteiger partial charge is 0.407 e. The summed E-state index contributed by atoms with van der Waals surface area (Å²) in [4.78, 5) is 31.6. The molecule has 1 aliphatic carbocycles. The van der Waals surface area contributed by atoms with Crippen molar-refractivity contribution in [3.05, 3.63) is 46.0 Å². The zero-order valence-corrected chi connectivity index (χ0v) is 18.0. The fraction of sp³-hybridized carbons (Fsp3) is 0.500. The molecule has 0 saturated carbocycles. The molecule has 160 valence electrons. The van der Waals surface area contributed by atoms with Crippen molar-refractivity contribution >= 4 is 28.5 Å². The van der Waals surface area contributed by atoms with E-state index in [2.05, 4.69) is 22.5 Å². The Kier molecular flexibility index (Phi) is 6.34. The largest absolute Gasteiger partial charge is 0.465 e. The van der Waals surface area contributed by atoms with Crippen molar-refractivity contribution in [2.75, 3.05) is 18.4 Å². The minimum atomic E-state index is -0.910. The molecule has 4 rings (SSSR count). The van der Waals surface area contributed by atoms with Crippen LogP contribution in [0.4, 0.5) is 9.93 Å². The lowest BCUT2D eigenvalue weighted by atomic mass is 9.98. The van der Waals surface area contributed by atoms with E-state index in [1.165, 1.54) is 9.78 Å². The van der Waals surface area contributed by atoms with Crippen LogP contribution in [0.2, 0.25) is 0 Å². The van der Waals surface area contributed by atoms with Crippen molar-refractivity contribution < 1.29 is 14.7 Å². The molecular formula is C22H28N4O3S. The summed E-state index contributed by atoms with van der Waals surface area (Å²) in [6, 6.07) is 7.58. The maximum Gasteiger partial charge on any atom is 0.407 e. The number of hydrogen-bond donors (Lipinski definition) is 3. The number of likely N-dealkylation sites (tertiary alicyclic amines) is 1. The second kappa shape index (κ2) is 9.14. The maximum atomic E-state index is 12.8. The molecule has 2 aromatic rings. The molecule has 0 bridgehead atoms. The Morgan fingerprint density at radius 3 is 3.00 bits per heavy atom. The number of carbonyl (C=O) groups is 2. The van der Waals surface area contributed by atoms with E-state index in [0.717, 1.165) is 56.3 Å². The summed E-state index contributed by atoms with van der Waals surface area (Å²) in [6.07, 6.45) is 4.81. The fourth-order valence-corrected chi connectivity index (χ4v) is 5.43. The van der Waals surface area contributed by atoms with Gasteiger partial charge < -0.3 is 15.3 Å². The van der Waals surface area contributed by atoms with E-state index >= 15 is 0 Å². The number of anilines is 1. The molecule has 0 spiro atoms. The number of benzene rings is 1. The van der Waals surface area contributed by atoms with E-state index in [1.807, 2.05) is 12.1 Å². The van der Waals surface area contributed by atoms with Gasteiger partial charge in [-0.15, -0.1) is 11.3 Å². The number of rotatable bonds is 6. The van der Waals surface area contributed by atoms with E-state index in [-0.39, 0.29) is 11.9 Å². The van der Waals surface area contributed by atoms with Crippen molar-refractivity contribution in [2.45, 2.75) is 57.5 Å². The molecule has 0 radical (unpaired) electrons. The van der Waals surface area contributed by atoms with E-state index in [9.17, 15) is 14.7 Å². The Labute approximate surface area is 180 Å². The average molecular weight is 429 g/mol. The molecular weight excluding hydrogens is 400 g/mol. The lowest BCUT2D eigenvalue weighted by molar-refractivity contribution is 0.102. The molecule has 2 amide bonds. The predicted molar refractivity (Wildman–Crippen MR) is 117 cm³/mol. The first-order chi connectivity index (χ1) is 14.5. The maximum absolute atomic E-state index is 12.8. The third-order valence-corrected chi connectivity index (χ3v) is 6.91. The average Bonchev–Trinajstić information content (AvgIpc) is 3.38. The highest BCUT2D eigenvalue weighted by atomic mass is 32.1. The fourth-order valence-electron chi connectivity index (χ4n) is 4.35. The van der Waals surface area contributed by atoms with Crippen LogP contribution in [0, 0.1) is 0 Å². The highest BCUT2D eigenvalue weighted by Crippen LogP contribution is 2.33. The summed E-state index contributed by atoms with van der Waals surface area (Å²) >= 11 is 1.56. The molecule has 7 nitrogen and oxygen atoms in total. The van der Waals surface area contributed by atoms with Crippen LogP contribution in [0.1, 0.15) is 65.1 Å². The van der Waals surface area contributed by atoms with Crippen molar-refractivity contribution in [1.29, 1.82) is 0 Å². The highest BCUT2D eigenvalue weighted by molar-refractivity contribution is 7.15. The summed E-state index contributed by atoms with van der Waals surface area (Å²) in [5.74, 6) is -0.205. The molecule has 2 aliphatic rings. The zero-order chi connectivity index (χ0) is 21.1. The zero-order valence-electron chi connectivity index (χ0n) is 17.2. The Bertz CT molecular complexity index is 929. The van der Waals surface area contributed by atoms with Gasteiger partial charge in [0.2, 0.25) is 0 Å². The van der Waals surface area contributed by atoms with Gasteiger partial charge in [0, 0.05) is 23.0 Å². The molecule has 2 heterocycles. The monoisotopic (exact) mass is 428 g/mol. The summed E-state index contributed by atoms with van der Waals surface area (Å²) in [7, 11) is 0. The van der Waals surface area contributed by atoms with E-state index in [1.54, 1.807) is 23.5 Å². The number of carboxylic acid groups (broad SMARTS) is 1. The normalized spacial score (nSPS) is 20.8. The minimum absolute atomic E-state index is 0.185. The van der Waals surface area contributed by atoms with Crippen LogP contribution in [0.5, 0.6) is 0 Å². The summed E-state index contributed by atoms with van der Waals surface area (Å²) in [5, 5.41) is 16.6. The minimum Gasteiger partial charge on any atom is -0.465 e. The Balaban J connectivity index is 1.44. The van der Waals surface area contributed by atoms with Crippen LogP contribution in [-0.4, -0.2) is 46.1 Å². The molecule has 1 aromatic carbocycles. The van der Waals surface area contributed by atoms with E-state index < -0.39 is 6.09 Å². The van der Waals surface area contributed by atoms with Crippen LogP contribution >= 0.6 is 11.3 Å². The summed E-state index contributed by atoms with van der Waals surface area (Å²) in [5.41, 5.74) is 2.49. The second-order valence-electron chi connectivity index (χ2n) is 8.00. The SMILES string of the molecule is CCCNC1CCc2nc(NC(=O)c3cccc([C@H]4CCCN4C(=O)O)c3)sc2C1. The van der Waals surface area contributed by atoms with Gasteiger partial charge in [0.15, 0.2) is 5.13 Å². The van der Waals surface area contributed by atoms with Crippen LogP contribution in [-0.2, 0) is 12.8 Å². The van der Waals surface area contributed by atoms with Crippen molar-refractivity contribution in [2.24, 2.45) is 0 Å².